The summed E-state index contributed by atoms with van der Waals surface area (Å²) in [6.07, 6.45) is -1.70. The van der Waals surface area contributed by atoms with Crippen LogP contribution in [0.1, 0.15) is 51.1 Å². The van der Waals surface area contributed by atoms with Crippen molar-refractivity contribution in [1.29, 1.82) is 0 Å². The number of piperidine rings is 1. The summed E-state index contributed by atoms with van der Waals surface area (Å²) >= 11 is 0. The quantitative estimate of drug-likeness (QED) is 0.420. The SMILES string of the molecule is COc1cc(C(=O)NC2CCN(C)CC2)ccc1Nc1ncc(C(F)(F)F)c(Oc2cccc3c2C(=O)CC3)n1. The number of nitrogens with one attached hydrogen (secondary N) is 2. The number of aryl methyl sites for hydroxylation is 1. The largest absolute Gasteiger partial charge is 0.495 e. The molecule has 5 rings (SSSR count). The molecule has 2 heterocycles. The van der Waals surface area contributed by atoms with Gasteiger partial charge < -0.3 is 25.0 Å². The Bertz CT molecular complexity index is 1440. The second-order valence-electron chi connectivity index (χ2n) is 9.82. The summed E-state index contributed by atoms with van der Waals surface area (Å²) in [5.74, 6) is -1.10. The Morgan fingerprint density at radius 1 is 1.10 bits per heavy atom. The van der Waals surface area contributed by atoms with Crippen molar-refractivity contribution in [1.82, 2.24) is 20.2 Å². The fourth-order valence-electron chi connectivity index (χ4n) is 4.84. The minimum atomic E-state index is -4.80. The average Bonchev–Trinajstić information content (AvgIpc) is 3.31. The molecule has 1 aliphatic carbocycles. The number of Topliss-reactive ketones (excluding diaryl/α,β-unsaturated/α-hetero) is 1. The summed E-state index contributed by atoms with van der Waals surface area (Å²) < 4.78 is 52.4. The van der Waals surface area contributed by atoms with Gasteiger partial charge >= 0.3 is 6.18 Å². The number of rotatable bonds is 7. The molecule has 1 fully saturated rings. The number of amides is 1. The first-order valence-corrected chi connectivity index (χ1v) is 12.8. The first-order valence-electron chi connectivity index (χ1n) is 12.8. The molecule has 0 radical (unpaired) electrons. The summed E-state index contributed by atoms with van der Waals surface area (Å²) in [7, 11) is 3.45. The smallest absolute Gasteiger partial charge is 0.423 e. The van der Waals surface area contributed by atoms with E-state index >= 15 is 0 Å². The van der Waals surface area contributed by atoms with Crippen LogP contribution in [-0.2, 0) is 12.6 Å². The third kappa shape index (κ3) is 5.86. The number of carbonyl (C=O) groups excluding carboxylic acids is 2. The normalized spacial score (nSPS) is 16.0. The first-order chi connectivity index (χ1) is 19.1. The third-order valence-corrected chi connectivity index (χ3v) is 7.04. The number of hydrogen-bond donors (Lipinski definition) is 2. The fourth-order valence-corrected chi connectivity index (χ4v) is 4.84. The number of halogens is 3. The van der Waals surface area contributed by atoms with Gasteiger partial charge in [0.05, 0.1) is 18.4 Å². The van der Waals surface area contributed by atoms with E-state index in [1.165, 1.54) is 19.2 Å². The highest BCUT2D eigenvalue weighted by atomic mass is 19.4. The van der Waals surface area contributed by atoms with Gasteiger partial charge in [-0.25, -0.2) is 4.98 Å². The number of alkyl halides is 3. The van der Waals surface area contributed by atoms with Crippen molar-refractivity contribution in [3.63, 3.8) is 0 Å². The van der Waals surface area contributed by atoms with Crippen molar-refractivity contribution >= 4 is 23.3 Å². The predicted molar refractivity (Wildman–Crippen MR) is 140 cm³/mol. The van der Waals surface area contributed by atoms with Crippen molar-refractivity contribution in [2.24, 2.45) is 0 Å². The molecular weight excluding hydrogens is 527 g/mol. The number of carbonyl (C=O) groups is 2. The van der Waals surface area contributed by atoms with E-state index in [0.29, 0.717) is 29.4 Å². The van der Waals surface area contributed by atoms with Gasteiger partial charge in [-0.1, -0.05) is 12.1 Å². The Kier molecular flexibility index (Phi) is 7.61. The number of hydrogen-bond acceptors (Lipinski definition) is 8. The number of nitrogens with zero attached hydrogens (tertiary/aromatic N) is 3. The summed E-state index contributed by atoms with van der Waals surface area (Å²) in [5, 5.41) is 5.88. The van der Waals surface area contributed by atoms with Crippen molar-refractivity contribution in [3.05, 3.63) is 64.8 Å². The zero-order valence-corrected chi connectivity index (χ0v) is 22.0. The summed E-state index contributed by atoms with van der Waals surface area (Å²) in [6.45, 7) is 1.80. The Hall–Kier alpha value is -4.19. The molecule has 0 saturated carbocycles. The first kappa shape index (κ1) is 27.4. The number of methoxy groups -OCH3 is 1. The molecule has 3 aromatic rings. The van der Waals surface area contributed by atoms with Crippen LogP contribution in [0.15, 0.2) is 42.6 Å². The van der Waals surface area contributed by atoms with Gasteiger partial charge in [0, 0.05) is 24.2 Å². The minimum Gasteiger partial charge on any atom is -0.495 e. The second kappa shape index (κ2) is 11.1. The zero-order chi connectivity index (χ0) is 28.4. The van der Waals surface area contributed by atoms with E-state index in [0.717, 1.165) is 25.9 Å². The van der Waals surface area contributed by atoms with Crippen LogP contribution in [-0.4, -0.2) is 59.8 Å². The van der Waals surface area contributed by atoms with Crippen molar-refractivity contribution < 1.29 is 32.2 Å². The van der Waals surface area contributed by atoms with E-state index in [1.54, 1.807) is 24.3 Å². The van der Waals surface area contributed by atoms with Crippen LogP contribution in [0.3, 0.4) is 0 Å². The Morgan fingerprint density at radius 3 is 2.60 bits per heavy atom. The van der Waals surface area contributed by atoms with E-state index in [-0.39, 0.29) is 47.2 Å². The lowest BCUT2D eigenvalue weighted by Gasteiger charge is -2.29. The molecule has 1 aromatic heterocycles. The number of benzene rings is 2. The average molecular weight is 556 g/mol. The van der Waals surface area contributed by atoms with Gasteiger partial charge in [-0.3, -0.25) is 9.59 Å². The summed E-state index contributed by atoms with van der Waals surface area (Å²) in [6, 6.07) is 9.56. The van der Waals surface area contributed by atoms with Gasteiger partial charge in [0.25, 0.3) is 5.91 Å². The predicted octanol–water partition coefficient (Wildman–Crippen LogP) is 4.99. The molecule has 12 heteroatoms. The van der Waals surface area contributed by atoms with Crippen LogP contribution in [0.25, 0.3) is 0 Å². The third-order valence-electron chi connectivity index (χ3n) is 7.04. The molecule has 2 aliphatic rings. The maximum atomic E-state index is 13.8. The van der Waals surface area contributed by atoms with Gasteiger partial charge in [-0.2, -0.15) is 18.2 Å². The van der Waals surface area contributed by atoms with Crippen LogP contribution >= 0.6 is 0 Å². The molecule has 0 bridgehead atoms. The maximum Gasteiger partial charge on any atom is 0.423 e. The molecule has 0 spiro atoms. The molecule has 40 heavy (non-hydrogen) atoms. The van der Waals surface area contributed by atoms with Crippen LogP contribution in [0.2, 0.25) is 0 Å². The molecule has 2 N–H and O–H groups in total. The molecule has 1 saturated heterocycles. The monoisotopic (exact) mass is 555 g/mol. The van der Waals surface area contributed by atoms with E-state index in [4.69, 9.17) is 9.47 Å². The molecule has 1 amide bonds. The summed E-state index contributed by atoms with van der Waals surface area (Å²) in [5.41, 5.74) is 0.503. The fraction of sp³-hybridized carbons (Fsp3) is 0.357. The van der Waals surface area contributed by atoms with Gasteiger partial charge in [-0.15, -0.1) is 0 Å². The van der Waals surface area contributed by atoms with E-state index < -0.39 is 17.6 Å². The highest BCUT2D eigenvalue weighted by Gasteiger charge is 2.37. The number of aromatic nitrogens is 2. The van der Waals surface area contributed by atoms with E-state index in [2.05, 4.69) is 25.5 Å². The van der Waals surface area contributed by atoms with Gasteiger partial charge in [0.1, 0.15) is 17.1 Å². The van der Waals surface area contributed by atoms with Gasteiger partial charge in [0.15, 0.2) is 5.78 Å². The molecule has 9 nitrogen and oxygen atoms in total. The Labute approximate surface area is 228 Å². The van der Waals surface area contributed by atoms with Gasteiger partial charge in [-0.05, 0) is 69.2 Å². The van der Waals surface area contributed by atoms with E-state index in [1.807, 2.05) is 7.05 Å². The van der Waals surface area contributed by atoms with Crippen LogP contribution in [0.5, 0.6) is 17.4 Å². The second-order valence-corrected chi connectivity index (χ2v) is 9.82. The number of anilines is 2. The highest BCUT2D eigenvalue weighted by molar-refractivity contribution is 6.03. The Balaban J connectivity index is 1.39. The molecule has 0 atom stereocenters. The molecule has 1 aliphatic heterocycles. The molecule has 2 aromatic carbocycles. The lowest BCUT2D eigenvalue weighted by molar-refractivity contribution is -0.139. The minimum absolute atomic E-state index is 0.00714. The molecule has 210 valence electrons. The number of ketones is 1. The Morgan fingerprint density at radius 2 is 1.88 bits per heavy atom. The number of fused-ring (bicyclic) bond motifs is 1. The topological polar surface area (TPSA) is 106 Å². The van der Waals surface area contributed by atoms with Crippen molar-refractivity contribution in [2.45, 2.75) is 37.9 Å². The number of ether oxygens (including phenoxy) is 2. The lowest BCUT2D eigenvalue weighted by Crippen LogP contribution is -2.43. The van der Waals surface area contributed by atoms with Crippen LogP contribution < -0.4 is 20.1 Å². The van der Waals surface area contributed by atoms with Crippen LogP contribution in [0, 0.1) is 0 Å². The standard InChI is InChI=1S/C28H28F3N5O4/c1-36-12-10-18(11-13-36)33-25(38)17-6-8-20(23(14-17)39-2)34-27-32-15-19(28(29,30)31)26(35-27)40-22-5-3-4-16-7-9-21(37)24(16)22/h3-6,8,14-15,18H,7,9-13H2,1-2H3,(H,33,38)(H,32,34,35). The summed E-state index contributed by atoms with van der Waals surface area (Å²) in [4.78, 5) is 35.2. The lowest BCUT2D eigenvalue weighted by atomic mass is 10.0. The number of likely N-dealkylation sites (tertiary alicyclic amines) is 1. The molecular formula is C28H28F3N5O4. The zero-order valence-electron chi connectivity index (χ0n) is 22.0. The van der Waals surface area contributed by atoms with E-state index in [9.17, 15) is 22.8 Å². The van der Waals surface area contributed by atoms with Crippen LogP contribution in [0.4, 0.5) is 24.8 Å². The van der Waals surface area contributed by atoms with Crippen molar-refractivity contribution in [2.75, 3.05) is 32.6 Å². The molecule has 0 unspecified atom stereocenters. The maximum absolute atomic E-state index is 13.8. The van der Waals surface area contributed by atoms with Gasteiger partial charge in [0.2, 0.25) is 11.8 Å². The highest BCUT2D eigenvalue weighted by Crippen LogP contribution is 2.40. The van der Waals surface area contributed by atoms with Crippen molar-refractivity contribution in [3.8, 4) is 17.4 Å².